The van der Waals surface area contributed by atoms with Gasteiger partial charge < -0.3 is 4.74 Å². The van der Waals surface area contributed by atoms with Gasteiger partial charge in [0, 0.05) is 12.7 Å². The number of rotatable bonds is 6. The molecular weight excluding hydrogens is 252 g/mol. The molecule has 0 aliphatic rings. The maximum absolute atomic E-state index is 12.0. The Morgan fingerprint density at radius 1 is 1.30 bits per heavy atom. The number of aromatic nitrogens is 2. The third-order valence-electron chi connectivity index (χ3n) is 2.86. The van der Waals surface area contributed by atoms with E-state index >= 15 is 0 Å². The highest BCUT2D eigenvalue weighted by atomic mass is 16.5. The molecule has 0 aliphatic heterocycles. The summed E-state index contributed by atoms with van der Waals surface area (Å²) in [4.78, 5) is 12.0. The lowest BCUT2D eigenvalue weighted by Crippen LogP contribution is -1.94. The lowest BCUT2D eigenvalue weighted by Gasteiger charge is -2.02. The van der Waals surface area contributed by atoms with Crippen LogP contribution >= 0.6 is 0 Å². The van der Waals surface area contributed by atoms with Crippen molar-refractivity contribution in [3.05, 3.63) is 53.9 Å². The molecule has 0 radical (unpaired) electrons. The Kier molecular flexibility index (Phi) is 4.71. The number of allylic oxidation sites excluding steroid dienone is 1. The van der Waals surface area contributed by atoms with E-state index in [1.165, 1.54) is 0 Å². The Balaban J connectivity index is 2.02. The van der Waals surface area contributed by atoms with Crippen LogP contribution in [0.4, 0.5) is 0 Å². The predicted octanol–water partition coefficient (Wildman–Crippen LogP) is 3.20. The molecule has 1 aromatic carbocycles. The van der Waals surface area contributed by atoms with Gasteiger partial charge >= 0.3 is 0 Å². The zero-order valence-corrected chi connectivity index (χ0v) is 11.7. The number of nitrogens with zero attached hydrogens (tertiary/aromatic N) is 2. The molecular formula is C16H18N2O2. The number of ether oxygens (including phenoxy) is 1. The van der Waals surface area contributed by atoms with Crippen LogP contribution in [0.1, 0.15) is 29.8 Å². The highest BCUT2D eigenvalue weighted by Crippen LogP contribution is 2.13. The summed E-state index contributed by atoms with van der Waals surface area (Å²) in [5, 5.41) is 4.09. The first-order valence-electron chi connectivity index (χ1n) is 6.70. The number of ketones is 1. The maximum atomic E-state index is 12.0. The van der Waals surface area contributed by atoms with Gasteiger partial charge in [-0.3, -0.25) is 9.48 Å². The zero-order valence-electron chi connectivity index (χ0n) is 11.7. The first-order valence-corrected chi connectivity index (χ1v) is 6.70. The van der Waals surface area contributed by atoms with Gasteiger partial charge in [-0.2, -0.15) is 5.10 Å². The van der Waals surface area contributed by atoms with E-state index in [-0.39, 0.29) is 5.78 Å². The van der Waals surface area contributed by atoms with Crippen LogP contribution in [0.3, 0.4) is 0 Å². The quantitative estimate of drug-likeness (QED) is 0.598. The summed E-state index contributed by atoms with van der Waals surface area (Å²) >= 11 is 0. The molecule has 0 unspecified atom stereocenters. The van der Waals surface area contributed by atoms with Crippen LogP contribution in [0.25, 0.3) is 6.08 Å². The summed E-state index contributed by atoms with van der Waals surface area (Å²) in [5.41, 5.74) is 1.57. The predicted molar refractivity (Wildman–Crippen MR) is 78.9 cm³/mol. The average Bonchev–Trinajstić information content (AvgIpc) is 2.95. The molecule has 20 heavy (non-hydrogen) atoms. The second-order valence-electron chi connectivity index (χ2n) is 4.28. The third-order valence-corrected chi connectivity index (χ3v) is 2.86. The topological polar surface area (TPSA) is 44.1 Å². The van der Waals surface area contributed by atoms with Gasteiger partial charge in [0.2, 0.25) is 0 Å². The van der Waals surface area contributed by atoms with E-state index in [0.717, 1.165) is 17.9 Å². The molecule has 0 atom stereocenters. The molecule has 2 aromatic rings. The minimum atomic E-state index is -0.0430. The molecule has 4 heteroatoms. The zero-order chi connectivity index (χ0) is 14.4. The molecule has 0 aliphatic carbocycles. The lowest BCUT2D eigenvalue weighted by atomic mass is 10.1. The molecule has 4 nitrogen and oxygen atoms in total. The van der Waals surface area contributed by atoms with Crippen LogP contribution in [0.15, 0.2) is 42.7 Å². The van der Waals surface area contributed by atoms with Crippen LogP contribution in [0.5, 0.6) is 5.75 Å². The van der Waals surface area contributed by atoms with E-state index in [9.17, 15) is 4.79 Å². The Morgan fingerprint density at radius 3 is 2.65 bits per heavy atom. The largest absolute Gasteiger partial charge is 0.494 e. The summed E-state index contributed by atoms with van der Waals surface area (Å²) in [6, 6.07) is 7.63. The second-order valence-corrected chi connectivity index (χ2v) is 4.28. The minimum Gasteiger partial charge on any atom is -0.494 e. The second kappa shape index (κ2) is 6.70. The number of carbonyl (C=O) groups is 1. The molecule has 104 valence electrons. The number of benzene rings is 1. The van der Waals surface area contributed by atoms with Gasteiger partial charge in [-0.15, -0.1) is 0 Å². The van der Waals surface area contributed by atoms with E-state index in [2.05, 4.69) is 5.10 Å². The minimum absolute atomic E-state index is 0.0430. The molecule has 0 amide bonds. The first kappa shape index (κ1) is 14.1. The molecule has 1 heterocycles. The summed E-state index contributed by atoms with van der Waals surface area (Å²) in [7, 11) is 0. The smallest absolute Gasteiger partial charge is 0.189 e. The van der Waals surface area contributed by atoms with Gasteiger partial charge in [-0.1, -0.05) is 18.2 Å². The molecule has 0 saturated heterocycles. The third kappa shape index (κ3) is 3.57. The molecule has 2 rings (SSSR count). The van der Waals surface area contributed by atoms with Crippen molar-refractivity contribution >= 4 is 11.9 Å². The Morgan fingerprint density at radius 2 is 2.05 bits per heavy atom. The van der Waals surface area contributed by atoms with E-state index in [1.54, 1.807) is 29.2 Å². The van der Waals surface area contributed by atoms with Gasteiger partial charge in [0.25, 0.3) is 0 Å². The standard InChI is InChI=1S/C16H18N2O2/c1-3-18-12-14(11-17-18)16(19)10-7-13-5-8-15(9-6-13)20-4-2/h5-12H,3-4H2,1-2H3/b10-7+. The monoisotopic (exact) mass is 270 g/mol. The van der Waals surface area contributed by atoms with Crippen molar-refractivity contribution in [3.8, 4) is 5.75 Å². The van der Waals surface area contributed by atoms with Crippen molar-refractivity contribution in [1.82, 2.24) is 9.78 Å². The first-order chi connectivity index (χ1) is 9.72. The normalized spacial score (nSPS) is 10.9. The molecule has 1 aromatic heterocycles. The molecule has 0 fully saturated rings. The molecule has 0 saturated carbocycles. The van der Waals surface area contributed by atoms with Crippen LogP contribution in [0.2, 0.25) is 0 Å². The molecule has 0 N–H and O–H groups in total. The van der Waals surface area contributed by atoms with Crippen molar-refractivity contribution in [2.24, 2.45) is 0 Å². The van der Waals surface area contributed by atoms with Gasteiger partial charge in [0.1, 0.15) is 5.75 Å². The van der Waals surface area contributed by atoms with Crippen LogP contribution < -0.4 is 4.74 Å². The van der Waals surface area contributed by atoms with Gasteiger partial charge in [-0.05, 0) is 37.6 Å². The Bertz CT molecular complexity index is 597. The fraction of sp³-hybridized carbons (Fsp3) is 0.250. The Hall–Kier alpha value is -2.36. The van der Waals surface area contributed by atoms with Crippen molar-refractivity contribution < 1.29 is 9.53 Å². The van der Waals surface area contributed by atoms with Crippen molar-refractivity contribution in [3.63, 3.8) is 0 Å². The van der Waals surface area contributed by atoms with Crippen molar-refractivity contribution in [1.29, 1.82) is 0 Å². The van der Waals surface area contributed by atoms with Crippen LogP contribution in [-0.2, 0) is 6.54 Å². The van der Waals surface area contributed by atoms with Gasteiger partial charge in [-0.25, -0.2) is 0 Å². The highest BCUT2D eigenvalue weighted by molar-refractivity contribution is 6.06. The van der Waals surface area contributed by atoms with Crippen LogP contribution in [0, 0.1) is 0 Å². The van der Waals surface area contributed by atoms with Crippen molar-refractivity contribution in [2.75, 3.05) is 6.61 Å². The summed E-state index contributed by atoms with van der Waals surface area (Å²) in [6.45, 7) is 5.34. The fourth-order valence-electron chi connectivity index (χ4n) is 1.77. The SMILES string of the molecule is CCOc1ccc(/C=C/C(=O)c2cnn(CC)c2)cc1. The van der Waals surface area contributed by atoms with E-state index in [4.69, 9.17) is 4.74 Å². The Labute approximate surface area is 118 Å². The van der Waals surface area contributed by atoms with Gasteiger partial charge in [0.15, 0.2) is 5.78 Å². The summed E-state index contributed by atoms with van der Waals surface area (Å²) < 4.78 is 7.10. The maximum Gasteiger partial charge on any atom is 0.189 e. The number of hydrogen-bond acceptors (Lipinski definition) is 3. The van der Waals surface area contributed by atoms with E-state index < -0.39 is 0 Å². The van der Waals surface area contributed by atoms with E-state index in [1.807, 2.05) is 38.1 Å². The number of aryl methyl sites for hydroxylation is 1. The van der Waals surface area contributed by atoms with Gasteiger partial charge in [0.05, 0.1) is 18.4 Å². The fourth-order valence-corrected chi connectivity index (χ4v) is 1.77. The van der Waals surface area contributed by atoms with Crippen molar-refractivity contribution in [2.45, 2.75) is 20.4 Å². The molecule has 0 bridgehead atoms. The average molecular weight is 270 g/mol. The van der Waals surface area contributed by atoms with E-state index in [0.29, 0.717) is 12.2 Å². The lowest BCUT2D eigenvalue weighted by molar-refractivity contribution is 0.104. The highest BCUT2D eigenvalue weighted by Gasteiger charge is 2.04. The van der Waals surface area contributed by atoms with Crippen LogP contribution in [-0.4, -0.2) is 22.2 Å². The summed E-state index contributed by atoms with van der Waals surface area (Å²) in [6.07, 6.45) is 6.70. The molecule has 0 spiro atoms. The number of carbonyl (C=O) groups excluding carboxylic acids is 1. The number of hydrogen-bond donors (Lipinski definition) is 0. The summed E-state index contributed by atoms with van der Waals surface area (Å²) in [5.74, 6) is 0.791.